The molecule has 29 heavy (non-hydrogen) atoms. The minimum absolute atomic E-state index is 0.105. The monoisotopic (exact) mass is 397 g/mol. The summed E-state index contributed by atoms with van der Waals surface area (Å²) in [5.74, 6) is 0.887. The molecule has 1 aromatic heterocycles. The molecule has 1 aromatic carbocycles. The molecule has 1 aliphatic heterocycles. The number of carbonyl (C=O) groups is 1. The first-order valence-electron chi connectivity index (χ1n) is 10.5. The maximum Gasteiger partial charge on any atom is 0.324 e. The molecule has 2 aromatic rings. The summed E-state index contributed by atoms with van der Waals surface area (Å²) < 4.78 is 11.3. The fourth-order valence-corrected chi connectivity index (χ4v) is 3.37. The van der Waals surface area contributed by atoms with Gasteiger partial charge in [-0.05, 0) is 44.0 Å². The number of hydrogen-bond donors (Lipinski definition) is 0. The highest BCUT2D eigenvalue weighted by Crippen LogP contribution is 2.19. The van der Waals surface area contributed by atoms with Crippen molar-refractivity contribution in [1.29, 1.82) is 0 Å². The third-order valence-electron chi connectivity index (χ3n) is 5.05. The lowest BCUT2D eigenvalue weighted by Crippen LogP contribution is -2.32. The summed E-state index contributed by atoms with van der Waals surface area (Å²) in [5.41, 5.74) is 2.16. The lowest BCUT2D eigenvalue weighted by Gasteiger charge is -2.18. The zero-order valence-corrected chi connectivity index (χ0v) is 17.3. The van der Waals surface area contributed by atoms with E-state index in [2.05, 4.69) is 11.9 Å². The van der Waals surface area contributed by atoms with Crippen LogP contribution in [0.25, 0.3) is 0 Å². The Morgan fingerprint density at radius 3 is 2.45 bits per heavy atom. The van der Waals surface area contributed by atoms with Crippen molar-refractivity contribution in [2.24, 2.45) is 0 Å². The van der Waals surface area contributed by atoms with E-state index < -0.39 is 0 Å². The van der Waals surface area contributed by atoms with Gasteiger partial charge in [-0.2, -0.15) is 0 Å². The predicted molar refractivity (Wildman–Crippen MR) is 115 cm³/mol. The fourth-order valence-electron chi connectivity index (χ4n) is 3.37. The van der Waals surface area contributed by atoms with Gasteiger partial charge in [0.2, 0.25) is 0 Å². The van der Waals surface area contributed by atoms with E-state index in [1.165, 1.54) is 5.56 Å². The topological polar surface area (TPSA) is 54.9 Å². The Kier molecular flexibility index (Phi) is 8.31. The molecular formula is C23H31N3O3. The van der Waals surface area contributed by atoms with Crippen LogP contribution >= 0.6 is 0 Å². The summed E-state index contributed by atoms with van der Waals surface area (Å²) in [6, 6.07) is 11.9. The van der Waals surface area contributed by atoms with E-state index in [9.17, 15) is 4.79 Å². The number of urea groups is 1. The molecule has 2 heterocycles. The van der Waals surface area contributed by atoms with Crippen LogP contribution in [0, 0.1) is 6.92 Å². The second kappa shape index (κ2) is 11.4. The molecule has 0 atom stereocenters. The number of rotatable bonds is 12. The van der Waals surface area contributed by atoms with Crippen LogP contribution in [0.1, 0.15) is 31.2 Å². The number of aromatic nitrogens is 1. The van der Waals surface area contributed by atoms with Gasteiger partial charge in [0.15, 0.2) is 0 Å². The molecule has 0 unspecified atom stereocenters. The average Bonchev–Trinajstić information content (AvgIpc) is 3.11. The van der Waals surface area contributed by atoms with Crippen LogP contribution < -0.4 is 9.64 Å². The first-order valence-corrected chi connectivity index (χ1v) is 10.5. The van der Waals surface area contributed by atoms with Crippen molar-refractivity contribution in [1.82, 2.24) is 9.88 Å². The highest BCUT2D eigenvalue weighted by Gasteiger charge is 2.28. The maximum atomic E-state index is 12.5. The maximum absolute atomic E-state index is 12.5. The predicted octanol–water partition coefficient (Wildman–Crippen LogP) is 4.29. The van der Waals surface area contributed by atoms with Gasteiger partial charge >= 0.3 is 6.03 Å². The Hall–Kier alpha value is -2.60. The van der Waals surface area contributed by atoms with E-state index in [4.69, 9.17) is 9.47 Å². The van der Waals surface area contributed by atoms with Crippen LogP contribution in [-0.4, -0.2) is 55.4 Å². The first kappa shape index (κ1) is 21.1. The minimum Gasteiger partial charge on any atom is -0.491 e. The summed E-state index contributed by atoms with van der Waals surface area (Å²) >= 11 is 0. The van der Waals surface area contributed by atoms with Crippen molar-refractivity contribution in [2.45, 2.75) is 32.6 Å². The Bertz CT molecular complexity index is 737. The normalized spacial score (nSPS) is 13.9. The second-order valence-corrected chi connectivity index (χ2v) is 7.31. The standard InChI is InChI=1S/C23H31N3O3/c1-20-6-8-22(9-7-20)29-19-18-28-17-5-3-2-4-14-25-15-16-26(23(25)27)21-10-12-24-13-11-21/h6-13H,2-5,14-19H2,1H3. The Balaban J connectivity index is 1.18. The summed E-state index contributed by atoms with van der Waals surface area (Å²) in [6.07, 6.45) is 7.76. The van der Waals surface area contributed by atoms with Gasteiger partial charge in [-0.25, -0.2) is 4.79 Å². The molecule has 0 N–H and O–H groups in total. The van der Waals surface area contributed by atoms with Crippen molar-refractivity contribution in [3.8, 4) is 5.75 Å². The van der Waals surface area contributed by atoms with Crippen LogP contribution in [-0.2, 0) is 4.74 Å². The van der Waals surface area contributed by atoms with Crippen LogP contribution in [0.4, 0.5) is 10.5 Å². The highest BCUT2D eigenvalue weighted by molar-refractivity contribution is 5.93. The van der Waals surface area contributed by atoms with Crippen molar-refractivity contribution < 1.29 is 14.3 Å². The number of unbranched alkanes of at least 4 members (excludes halogenated alkanes) is 3. The Morgan fingerprint density at radius 2 is 1.66 bits per heavy atom. The zero-order valence-electron chi connectivity index (χ0n) is 17.3. The van der Waals surface area contributed by atoms with Gasteiger partial charge in [0.1, 0.15) is 12.4 Å². The van der Waals surface area contributed by atoms with Crippen molar-refractivity contribution in [2.75, 3.05) is 44.4 Å². The lowest BCUT2D eigenvalue weighted by atomic mass is 10.2. The highest BCUT2D eigenvalue weighted by atomic mass is 16.5. The van der Waals surface area contributed by atoms with E-state index >= 15 is 0 Å². The summed E-state index contributed by atoms with van der Waals surface area (Å²) in [4.78, 5) is 20.3. The Labute approximate surface area is 173 Å². The quantitative estimate of drug-likeness (QED) is 0.502. The number of aryl methyl sites for hydroxylation is 1. The average molecular weight is 398 g/mol. The van der Waals surface area contributed by atoms with Crippen molar-refractivity contribution in [3.63, 3.8) is 0 Å². The number of hydrogen-bond acceptors (Lipinski definition) is 4. The molecule has 0 spiro atoms. The molecule has 0 aliphatic carbocycles. The molecule has 0 saturated carbocycles. The van der Waals surface area contributed by atoms with E-state index in [0.29, 0.717) is 13.2 Å². The molecule has 2 amide bonds. The zero-order chi connectivity index (χ0) is 20.3. The summed E-state index contributed by atoms with van der Waals surface area (Å²) in [6.45, 7) is 6.39. The third-order valence-corrected chi connectivity index (χ3v) is 5.05. The number of ether oxygens (including phenoxy) is 2. The number of anilines is 1. The van der Waals surface area contributed by atoms with Crippen LogP contribution in [0.2, 0.25) is 0 Å². The molecule has 156 valence electrons. The molecule has 1 saturated heterocycles. The van der Waals surface area contributed by atoms with E-state index in [0.717, 1.165) is 63.4 Å². The van der Waals surface area contributed by atoms with Crippen LogP contribution in [0.5, 0.6) is 5.75 Å². The van der Waals surface area contributed by atoms with Gasteiger partial charge in [-0.1, -0.05) is 30.5 Å². The number of pyridine rings is 1. The van der Waals surface area contributed by atoms with E-state index in [1.807, 2.05) is 46.2 Å². The van der Waals surface area contributed by atoms with Gasteiger partial charge in [0.05, 0.1) is 6.61 Å². The van der Waals surface area contributed by atoms with Crippen LogP contribution in [0.15, 0.2) is 48.8 Å². The van der Waals surface area contributed by atoms with Crippen molar-refractivity contribution >= 4 is 11.7 Å². The molecule has 6 nitrogen and oxygen atoms in total. The van der Waals surface area contributed by atoms with E-state index in [-0.39, 0.29) is 6.03 Å². The number of carbonyl (C=O) groups excluding carboxylic acids is 1. The van der Waals surface area contributed by atoms with Gasteiger partial charge in [-0.3, -0.25) is 9.88 Å². The SMILES string of the molecule is Cc1ccc(OCCOCCCCCCN2CCN(c3ccncc3)C2=O)cc1. The third kappa shape index (κ3) is 6.75. The molecule has 3 rings (SSSR count). The first-order chi connectivity index (χ1) is 14.2. The smallest absolute Gasteiger partial charge is 0.324 e. The number of nitrogens with zero attached hydrogens (tertiary/aromatic N) is 3. The molecule has 0 radical (unpaired) electrons. The Morgan fingerprint density at radius 1 is 0.897 bits per heavy atom. The van der Waals surface area contributed by atoms with Crippen LogP contribution in [0.3, 0.4) is 0 Å². The van der Waals surface area contributed by atoms with E-state index in [1.54, 1.807) is 12.4 Å². The molecule has 1 fully saturated rings. The van der Waals surface area contributed by atoms with Gasteiger partial charge in [0.25, 0.3) is 0 Å². The lowest BCUT2D eigenvalue weighted by molar-refractivity contribution is 0.0970. The van der Waals surface area contributed by atoms with Crippen molar-refractivity contribution in [3.05, 3.63) is 54.4 Å². The second-order valence-electron chi connectivity index (χ2n) is 7.31. The van der Waals surface area contributed by atoms with Gasteiger partial charge in [-0.15, -0.1) is 0 Å². The van der Waals surface area contributed by atoms with Gasteiger partial charge < -0.3 is 14.4 Å². The summed E-state index contributed by atoms with van der Waals surface area (Å²) in [5, 5.41) is 0. The van der Waals surface area contributed by atoms with Gasteiger partial charge in [0, 0.05) is 44.3 Å². The number of benzene rings is 1. The molecular weight excluding hydrogens is 366 g/mol. The molecule has 0 bridgehead atoms. The number of amides is 2. The summed E-state index contributed by atoms with van der Waals surface area (Å²) in [7, 11) is 0. The molecule has 1 aliphatic rings. The largest absolute Gasteiger partial charge is 0.491 e. The molecule has 6 heteroatoms. The minimum atomic E-state index is 0.105. The fraction of sp³-hybridized carbons (Fsp3) is 0.478.